The Morgan fingerprint density at radius 1 is 1.32 bits per heavy atom. The van der Waals surface area contributed by atoms with Crippen molar-refractivity contribution in [3.05, 3.63) is 29.6 Å². The van der Waals surface area contributed by atoms with Crippen LogP contribution in [0.5, 0.6) is 0 Å². The molecule has 0 amide bonds. The van der Waals surface area contributed by atoms with Crippen LogP contribution in [0.2, 0.25) is 0 Å². The summed E-state index contributed by atoms with van der Waals surface area (Å²) in [6.07, 6.45) is 1.11. The molecular formula is C16H23ClN2. The summed E-state index contributed by atoms with van der Waals surface area (Å²) < 4.78 is 2.30. The highest BCUT2D eigenvalue weighted by Gasteiger charge is 2.18. The summed E-state index contributed by atoms with van der Waals surface area (Å²) in [6, 6.07) is 6.26. The predicted molar refractivity (Wildman–Crippen MR) is 82.8 cm³/mol. The molecule has 1 aromatic heterocycles. The minimum Gasteiger partial charge on any atom is -0.327 e. The van der Waals surface area contributed by atoms with Gasteiger partial charge in [0.2, 0.25) is 0 Å². The maximum atomic E-state index is 6.30. The normalized spacial score (nSPS) is 14.0. The Hall–Kier alpha value is -1.02. The van der Waals surface area contributed by atoms with E-state index in [0.717, 1.165) is 24.3 Å². The number of aromatic nitrogens is 2. The van der Waals surface area contributed by atoms with Crippen molar-refractivity contribution in [1.29, 1.82) is 0 Å². The number of benzene rings is 1. The Kier molecular flexibility index (Phi) is 3.91. The van der Waals surface area contributed by atoms with Gasteiger partial charge in [0, 0.05) is 6.54 Å². The third-order valence-electron chi connectivity index (χ3n) is 3.44. The van der Waals surface area contributed by atoms with Gasteiger partial charge in [-0.15, -0.1) is 11.6 Å². The number of aryl methyl sites for hydroxylation is 2. The molecule has 3 heteroatoms. The highest BCUT2D eigenvalue weighted by Crippen LogP contribution is 2.29. The quantitative estimate of drug-likeness (QED) is 0.716. The molecule has 2 nitrogen and oxygen atoms in total. The fraction of sp³-hybridized carbons (Fsp3) is 0.562. The zero-order chi connectivity index (χ0) is 14.2. The standard InChI is InChI=1S/C16H23ClN2/c1-11-7-6-8-13-14(11)19(10-9-16(3,4)5)15(18-13)12(2)17/h6-8,12H,9-10H2,1-5H3. The van der Waals surface area contributed by atoms with Crippen LogP contribution < -0.4 is 0 Å². The first kappa shape index (κ1) is 14.4. The Labute approximate surface area is 120 Å². The van der Waals surface area contributed by atoms with E-state index in [1.165, 1.54) is 11.1 Å². The van der Waals surface area contributed by atoms with Crippen LogP contribution in [-0.4, -0.2) is 9.55 Å². The lowest BCUT2D eigenvalue weighted by Crippen LogP contribution is -2.13. The van der Waals surface area contributed by atoms with E-state index in [2.05, 4.69) is 50.5 Å². The van der Waals surface area contributed by atoms with E-state index in [-0.39, 0.29) is 5.38 Å². The molecule has 0 aliphatic carbocycles. The topological polar surface area (TPSA) is 17.8 Å². The van der Waals surface area contributed by atoms with Gasteiger partial charge in [0.25, 0.3) is 0 Å². The summed E-state index contributed by atoms with van der Waals surface area (Å²) in [5.74, 6) is 0.982. The predicted octanol–water partition coefficient (Wildman–Crippen LogP) is 5.08. The van der Waals surface area contributed by atoms with Crippen LogP contribution in [0.1, 0.15) is 50.9 Å². The molecule has 1 heterocycles. The van der Waals surface area contributed by atoms with E-state index in [0.29, 0.717) is 5.41 Å². The van der Waals surface area contributed by atoms with Crippen molar-refractivity contribution in [3.63, 3.8) is 0 Å². The summed E-state index contributed by atoms with van der Waals surface area (Å²) in [4.78, 5) is 4.70. The molecule has 1 unspecified atom stereocenters. The number of imidazole rings is 1. The molecule has 0 fully saturated rings. The van der Waals surface area contributed by atoms with Crippen molar-refractivity contribution in [2.45, 2.75) is 53.0 Å². The van der Waals surface area contributed by atoms with Gasteiger partial charge in [0.1, 0.15) is 5.82 Å². The summed E-state index contributed by atoms with van der Waals surface area (Å²) in [5, 5.41) is -0.0632. The highest BCUT2D eigenvalue weighted by molar-refractivity contribution is 6.20. The van der Waals surface area contributed by atoms with Gasteiger partial charge in [-0.1, -0.05) is 32.9 Å². The van der Waals surface area contributed by atoms with Crippen LogP contribution in [0.25, 0.3) is 11.0 Å². The number of para-hydroxylation sites is 1. The molecule has 0 saturated heterocycles. The van der Waals surface area contributed by atoms with E-state index in [1.54, 1.807) is 0 Å². The maximum Gasteiger partial charge on any atom is 0.127 e. The second kappa shape index (κ2) is 5.16. The van der Waals surface area contributed by atoms with Crippen molar-refractivity contribution in [3.8, 4) is 0 Å². The number of hydrogen-bond acceptors (Lipinski definition) is 1. The second-order valence-electron chi connectivity index (χ2n) is 6.49. The summed E-state index contributed by atoms with van der Waals surface area (Å²) in [6.45, 7) is 11.9. The van der Waals surface area contributed by atoms with E-state index in [9.17, 15) is 0 Å². The van der Waals surface area contributed by atoms with Gasteiger partial charge in [-0.2, -0.15) is 0 Å². The Bertz CT molecular complexity index is 576. The lowest BCUT2D eigenvalue weighted by molar-refractivity contribution is 0.350. The Morgan fingerprint density at radius 2 is 2.00 bits per heavy atom. The average Bonchev–Trinajstić information content (AvgIpc) is 2.65. The van der Waals surface area contributed by atoms with Crippen molar-refractivity contribution in [2.75, 3.05) is 0 Å². The van der Waals surface area contributed by atoms with E-state index < -0.39 is 0 Å². The van der Waals surface area contributed by atoms with Crippen molar-refractivity contribution in [2.24, 2.45) is 5.41 Å². The van der Waals surface area contributed by atoms with Gasteiger partial charge >= 0.3 is 0 Å². The van der Waals surface area contributed by atoms with Crippen molar-refractivity contribution in [1.82, 2.24) is 9.55 Å². The fourth-order valence-corrected chi connectivity index (χ4v) is 2.53. The average molecular weight is 279 g/mol. The van der Waals surface area contributed by atoms with Gasteiger partial charge < -0.3 is 4.57 Å². The first-order valence-corrected chi connectivity index (χ1v) is 7.33. The van der Waals surface area contributed by atoms with Crippen molar-refractivity contribution < 1.29 is 0 Å². The largest absolute Gasteiger partial charge is 0.327 e. The minimum atomic E-state index is -0.0632. The van der Waals surface area contributed by atoms with Gasteiger partial charge in [0.15, 0.2) is 0 Å². The zero-order valence-electron chi connectivity index (χ0n) is 12.5. The fourth-order valence-electron chi connectivity index (χ4n) is 2.36. The minimum absolute atomic E-state index is 0.0632. The van der Waals surface area contributed by atoms with Gasteiger partial charge in [0.05, 0.1) is 16.4 Å². The SMILES string of the molecule is Cc1cccc2nc(C(C)Cl)n(CCC(C)(C)C)c12. The van der Waals surface area contributed by atoms with Crippen LogP contribution >= 0.6 is 11.6 Å². The first-order chi connectivity index (χ1) is 8.79. The summed E-state index contributed by atoms with van der Waals surface area (Å²) >= 11 is 6.30. The number of halogens is 1. The van der Waals surface area contributed by atoms with Crippen LogP contribution in [0.3, 0.4) is 0 Å². The molecule has 1 aromatic carbocycles. The van der Waals surface area contributed by atoms with Crippen LogP contribution in [-0.2, 0) is 6.54 Å². The zero-order valence-corrected chi connectivity index (χ0v) is 13.3. The first-order valence-electron chi connectivity index (χ1n) is 6.89. The van der Waals surface area contributed by atoms with Gasteiger partial charge in [-0.05, 0) is 37.3 Å². The molecule has 0 spiro atoms. The van der Waals surface area contributed by atoms with Crippen LogP contribution in [0.4, 0.5) is 0 Å². The number of hydrogen-bond donors (Lipinski definition) is 0. The highest BCUT2D eigenvalue weighted by atomic mass is 35.5. The molecule has 0 bridgehead atoms. The van der Waals surface area contributed by atoms with Gasteiger partial charge in [-0.3, -0.25) is 0 Å². The van der Waals surface area contributed by atoms with Crippen LogP contribution in [0, 0.1) is 12.3 Å². The number of rotatable bonds is 3. The molecule has 2 aromatic rings. The monoisotopic (exact) mass is 278 g/mol. The lowest BCUT2D eigenvalue weighted by Gasteiger charge is -2.20. The molecule has 2 rings (SSSR count). The van der Waals surface area contributed by atoms with E-state index in [1.807, 2.05) is 6.92 Å². The summed E-state index contributed by atoms with van der Waals surface area (Å²) in [5.41, 5.74) is 3.86. The molecule has 0 aliphatic rings. The molecule has 0 saturated carbocycles. The van der Waals surface area contributed by atoms with Gasteiger partial charge in [-0.25, -0.2) is 4.98 Å². The molecular weight excluding hydrogens is 256 g/mol. The molecule has 0 N–H and O–H groups in total. The molecule has 104 valence electrons. The number of nitrogens with zero attached hydrogens (tertiary/aromatic N) is 2. The number of fused-ring (bicyclic) bond motifs is 1. The smallest absolute Gasteiger partial charge is 0.127 e. The Morgan fingerprint density at radius 3 is 2.58 bits per heavy atom. The Balaban J connectivity index is 2.51. The lowest BCUT2D eigenvalue weighted by atomic mass is 9.92. The van der Waals surface area contributed by atoms with E-state index in [4.69, 9.17) is 16.6 Å². The number of alkyl halides is 1. The molecule has 1 atom stereocenters. The third-order valence-corrected chi connectivity index (χ3v) is 3.63. The maximum absolute atomic E-state index is 6.30. The molecule has 0 aliphatic heterocycles. The second-order valence-corrected chi connectivity index (χ2v) is 7.15. The summed E-state index contributed by atoms with van der Waals surface area (Å²) in [7, 11) is 0. The van der Waals surface area contributed by atoms with Crippen LogP contribution in [0.15, 0.2) is 18.2 Å². The van der Waals surface area contributed by atoms with E-state index >= 15 is 0 Å². The third kappa shape index (κ3) is 3.11. The van der Waals surface area contributed by atoms with Crippen molar-refractivity contribution >= 4 is 22.6 Å². The molecule has 0 radical (unpaired) electrons. The molecule has 19 heavy (non-hydrogen) atoms.